The second-order valence-electron chi connectivity index (χ2n) is 3.89. The largest absolute Gasteiger partial charge is 0.353 e. The number of piperazine rings is 1. The lowest BCUT2D eigenvalue weighted by Crippen LogP contribution is -2.53. The summed E-state index contributed by atoms with van der Waals surface area (Å²) in [5.74, 6) is -0.102. The van der Waals surface area contributed by atoms with Crippen LogP contribution in [0.2, 0.25) is 0 Å². The van der Waals surface area contributed by atoms with Gasteiger partial charge in [-0.05, 0) is 0 Å². The van der Waals surface area contributed by atoms with Crippen LogP contribution in [0, 0.1) is 10.1 Å². The summed E-state index contributed by atoms with van der Waals surface area (Å²) >= 11 is 0. The van der Waals surface area contributed by atoms with E-state index in [4.69, 9.17) is 0 Å². The van der Waals surface area contributed by atoms with E-state index in [0.29, 0.717) is 25.1 Å². The quantitative estimate of drug-likeness (QED) is 0.580. The van der Waals surface area contributed by atoms with Crippen molar-refractivity contribution < 1.29 is 9.72 Å². The Kier molecular flexibility index (Phi) is 3.34. The molecule has 0 spiro atoms. The highest BCUT2D eigenvalue weighted by Gasteiger charge is 2.24. The summed E-state index contributed by atoms with van der Waals surface area (Å²) < 4.78 is 0. The van der Waals surface area contributed by atoms with Gasteiger partial charge in [0, 0.05) is 31.1 Å². The number of nitrogens with one attached hydrogen (secondary N) is 2. The summed E-state index contributed by atoms with van der Waals surface area (Å²) in [7, 11) is 0. The average molecular weight is 235 g/mol. The molecule has 0 saturated carbocycles. The van der Waals surface area contributed by atoms with Crippen LogP contribution in [0.5, 0.6) is 0 Å². The first kappa shape index (κ1) is 11.5. The molecule has 17 heavy (non-hydrogen) atoms. The van der Waals surface area contributed by atoms with E-state index in [1.807, 2.05) is 0 Å². The molecule has 1 atom stereocenters. The van der Waals surface area contributed by atoms with Crippen LogP contribution in [0.15, 0.2) is 24.3 Å². The number of nitrogens with zero attached hydrogens (tertiary/aromatic N) is 1. The van der Waals surface area contributed by atoms with Gasteiger partial charge in [-0.15, -0.1) is 0 Å². The summed E-state index contributed by atoms with van der Waals surface area (Å²) in [4.78, 5) is 21.9. The van der Waals surface area contributed by atoms with Gasteiger partial charge >= 0.3 is 0 Å². The molecule has 1 heterocycles. The molecule has 0 aromatic heterocycles. The van der Waals surface area contributed by atoms with Crippen molar-refractivity contribution in [3.8, 4) is 0 Å². The average Bonchev–Trinajstić information content (AvgIpc) is 2.32. The van der Waals surface area contributed by atoms with E-state index in [1.54, 1.807) is 18.2 Å². The smallest absolute Gasteiger partial charge is 0.272 e. The molecule has 0 unspecified atom stereocenters. The van der Waals surface area contributed by atoms with Gasteiger partial charge in [-0.1, -0.05) is 18.2 Å². The molecule has 1 amide bonds. The van der Waals surface area contributed by atoms with Crippen molar-refractivity contribution in [1.29, 1.82) is 0 Å². The molecule has 6 heteroatoms. The molecule has 2 N–H and O–H groups in total. The molecule has 1 aromatic rings. The highest BCUT2D eigenvalue weighted by Crippen LogP contribution is 2.19. The maximum atomic E-state index is 11.5. The number of amides is 1. The first-order valence-electron chi connectivity index (χ1n) is 5.42. The normalized spacial score (nSPS) is 19.8. The summed E-state index contributed by atoms with van der Waals surface area (Å²) in [5, 5.41) is 16.6. The van der Waals surface area contributed by atoms with Crippen molar-refractivity contribution in [2.24, 2.45) is 0 Å². The molecule has 0 aliphatic carbocycles. The van der Waals surface area contributed by atoms with E-state index in [-0.39, 0.29) is 17.6 Å². The molecule has 0 radical (unpaired) electrons. The minimum Gasteiger partial charge on any atom is -0.353 e. The molecule has 1 aliphatic rings. The van der Waals surface area contributed by atoms with E-state index < -0.39 is 4.92 Å². The van der Waals surface area contributed by atoms with Gasteiger partial charge in [0.2, 0.25) is 5.91 Å². The second kappa shape index (κ2) is 4.92. The first-order chi connectivity index (χ1) is 8.18. The lowest BCUT2D eigenvalue weighted by molar-refractivity contribution is -0.385. The number of hydrogen-bond donors (Lipinski definition) is 2. The van der Waals surface area contributed by atoms with Gasteiger partial charge in [0.05, 0.1) is 11.0 Å². The Bertz CT molecular complexity index is 447. The predicted molar refractivity (Wildman–Crippen MR) is 61.6 cm³/mol. The monoisotopic (exact) mass is 235 g/mol. The van der Waals surface area contributed by atoms with E-state index in [0.717, 1.165) is 0 Å². The molecule has 1 saturated heterocycles. The summed E-state index contributed by atoms with van der Waals surface area (Å²) in [6, 6.07) is 6.11. The fourth-order valence-corrected chi connectivity index (χ4v) is 1.89. The van der Waals surface area contributed by atoms with Gasteiger partial charge in [0.1, 0.15) is 0 Å². The zero-order chi connectivity index (χ0) is 12.3. The third-order valence-corrected chi connectivity index (χ3v) is 2.74. The first-order valence-corrected chi connectivity index (χ1v) is 5.42. The lowest BCUT2D eigenvalue weighted by atomic mass is 10.0. The lowest BCUT2D eigenvalue weighted by Gasteiger charge is -2.23. The van der Waals surface area contributed by atoms with Gasteiger partial charge in [-0.25, -0.2) is 0 Å². The van der Waals surface area contributed by atoms with Crippen molar-refractivity contribution in [3.05, 3.63) is 39.9 Å². The van der Waals surface area contributed by atoms with E-state index in [1.165, 1.54) is 6.07 Å². The number of rotatable bonds is 3. The Labute approximate surface area is 98.2 Å². The van der Waals surface area contributed by atoms with Crippen molar-refractivity contribution in [2.75, 3.05) is 13.1 Å². The number of hydrogen-bond acceptors (Lipinski definition) is 4. The fraction of sp³-hybridized carbons (Fsp3) is 0.364. The number of nitro benzene ring substituents is 1. The Balaban J connectivity index is 2.17. The predicted octanol–water partition coefficient (Wildman–Crippen LogP) is 0.225. The topological polar surface area (TPSA) is 84.3 Å². The van der Waals surface area contributed by atoms with Gasteiger partial charge in [-0.2, -0.15) is 0 Å². The number of nitro groups is 1. The zero-order valence-corrected chi connectivity index (χ0v) is 9.18. The van der Waals surface area contributed by atoms with Crippen molar-refractivity contribution >= 4 is 11.6 Å². The van der Waals surface area contributed by atoms with Crippen LogP contribution < -0.4 is 10.6 Å². The van der Waals surface area contributed by atoms with Gasteiger partial charge in [0.15, 0.2) is 0 Å². The number of carbonyl (C=O) groups excluding carboxylic acids is 1. The number of para-hydroxylation sites is 1. The molecular weight excluding hydrogens is 222 g/mol. The zero-order valence-electron chi connectivity index (χ0n) is 9.18. The Morgan fingerprint density at radius 2 is 2.12 bits per heavy atom. The Morgan fingerprint density at radius 1 is 1.35 bits per heavy atom. The second-order valence-corrected chi connectivity index (χ2v) is 3.89. The number of carbonyl (C=O) groups is 1. The van der Waals surface area contributed by atoms with Crippen LogP contribution in [0.4, 0.5) is 5.69 Å². The van der Waals surface area contributed by atoms with Crippen LogP contribution in [-0.4, -0.2) is 30.0 Å². The van der Waals surface area contributed by atoms with Crippen LogP contribution in [0.25, 0.3) is 0 Å². The van der Waals surface area contributed by atoms with Gasteiger partial charge in [-0.3, -0.25) is 14.9 Å². The maximum Gasteiger partial charge on any atom is 0.272 e. The van der Waals surface area contributed by atoms with Gasteiger partial charge in [0.25, 0.3) is 5.69 Å². The number of benzene rings is 1. The van der Waals surface area contributed by atoms with E-state index in [2.05, 4.69) is 10.6 Å². The molecule has 6 nitrogen and oxygen atoms in total. The Morgan fingerprint density at radius 3 is 2.82 bits per heavy atom. The Hall–Kier alpha value is -1.95. The third kappa shape index (κ3) is 2.59. The van der Waals surface area contributed by atoms with Crippen LogP contribution in [0.3, 0.4) is 0 Å². The minimum absolute atomic E-state index is 0.0627. The summed E-state index contributed by atoms with van der Waals surface area (Å²) in [6.07, 6.45) is 0.336. The van der Waals surface area contributed by atoms with Gasteiger partial charge < -0.3 is 10.6 Å². The van der Waals surface area contributed by atoms with Crippen molar-refractivity contribution in [1.82, 2.24) is 10.6 Å². The molecule has 1 aromatic carbocycles. The van der Waals surface area contributed by atoms with Crippen molar-refractivity contribution in [3.63, 3.8) is 0 Å². The molecule has 90 valence electrons. The SMILES string of the molecule is O=C1NCCN[C@@H]1Cc1ccccc1[N+](=O)[O-]. The van der Waals surface area contributed by atoms with E-state index >= 15 is 0 Å². The fourth-order valence-electron chi connectivity index (χ4n) is 1.89. The van der Waals surface area contributed by atoms with Crippen molar-refractivity contribution in [2.45, 2.75) is 12.5 Å². The highest BCUT2D eigenvalue weighted by molar-refractivity contribution is 5.82. The molecule has 1 fully saturated rings. The standard InChI is InChI=1S/C11H13N3O3/c15-11-9(12-5-6-13-11)7-8-3-1-2-4-10(8)14(16)17/h1-4,9,12H,5-7H2,(H,13,15)/t9-/m1/s1. The summed E-state index contributed by atoms with van der Waals surface area (Å²) in [5.41, 5.74) is 0.639. The summed E-state index contributed by atoms with van der Waals surface area (Å²) in [6.45, 7) is 1.29. The molecule has 2 rings (SSSR count). The third-order valence-electron chi connectivity index (χ3n) is 2.74. The maximum absolute atomic E-state index is 11.5. The minimum atomic E-state index is -0.421. The van der Waals surface area contributed by atoms with E-state index in [9.17, 15) is 14.9 Å². The molecule has 1 aliphatic heterocycles. The molecule has 0 bridgehead atoms. The van der Waals surface area contributed by atoms with Crippen LogP contribution >= 0.6 is 0 Å². The van der Waals surface area contributed by atoms with Crippen LogP contribution in [0.1, 0.15) is 5.56 Å². The molecular formula is C11H13N3O3. The van der Waals surface area contributed by atoms with Crippen LogP contribution in [-0.2, 0) is 11.2 Å². The highest BCUT2D eigenvalue weighted by atomic mass is 16.6.